The Bertz CT molecular complexity index is 583. The zero-order valence-electron chi connectivity index (χ0n) is 12.1. The third kappa shape index (κ3) is 2.63. The molecule has 1 aliphatic heterocycles. The molecule has 2 atom stereocenters. The van der Waals surface area contributed by atoms with Crippen molar-refractivity contribution in [2.75, 3.05) is 13.1 Å². The van der Waals surface area contributed by atoms with Gasteiger partial charge in [0.05, 0.1) is 6.54 Å². The second-order valence-corrected chi connectivity index (χ2v) is 6.03. The molecule has 1 aromatic heterocycles. The highest BCUT2D eigenvalue weighted by Gasteiger charge is 2.25. The van der Waals surface area contributed by atoms with Crippen molar-refractivity contribution in [3.63, 3.8) is 0 Å². The highest BCUT2D eigenvalue weighted by Crippen LogP contribution is 2.23. The summed E-state index contributed by atoms with van der Waals surface area (Å²) < 4.78 is 5.66. The predicted octanol–water partition coefficient (Wildman–Crippen LogP) is 3.74. The van der Waals surface area contributed by atoms with E-state index in [1.54, 1.807) is 0 Å². The molecule has 2 heterocycles. The van der Waals surface area contributed by atoms with Crippen LogP contribution in [0.4, 0.5) is 0 Å². The number of Topliss-reactive ketones (excluding diaryl/α,β-unsaturated/α-hetero) is 1. The molecule has 1 fully saturated rings. The van der Waals surface area contributed by atoms with Crippen LogP contribution in [0, 0.1) is 5.92 Å². The van der Waals surface area contributed by atoms with E-state index in [1.807, 2.05) is 30.3 Å². The van der Waals surface area contributed by atoms with Crippen molar-refractivity contribution in [2.45, 2.75) is 32.7 Å². The molecule has 1 saturated heterocycles. The van der Waals surface area contributed by atoms with Crippen molar-refractivity contribution in [3.05, 3.63) is 36.1 Å². The molecule has 2 aromatic rings. The summed E-state index contributed by atoms with van der Waals surface area (Å²) in [5.74, 6) is 1.24. The lowest BCUT2D eigenvalue weighted by Crippen LogP contribution is -2.43. The van der Waals surface area contributed by atoms with Gasteiger partial charge in [0.2, 0.25) is 5.78 Å². The first-order chi connectivity index (χ1) is 9.63. The fourth-order valence-electron chi connectivity index (χ4n) is 2.98. The summed E-state index contributed by atoms with van der Waals surface area (Å²) in [7, 11) is 0. The van der Waals surface area contributed by atoms with Crippen molar-refractivity contribution in [2.24, 2.45) is 5.92 Å². The molecular formula is C17H21NO2. The Morgan fingerprint density at radius 3 is 2.90 bits per heavy atom. The molecule has 0 spiro atoms. The minimum absolute atomic E-state index is 0.0853. The van der Waals surface area contributed by atoms with Crippen molar-refractivity contribution in [3.8, 4) is 0 Å². The van der Waals surface area contributed by atoms with Gasteiger partial charge in [-0.15, -0.1) is 0 Å². The quantitative estimate of drug-likeness (QED) is 0.797. The molecule has 0 saturated carbocycles. The number of ketones is 1. The van der Waals surface area contributed by atoms with Gasteiger partial charge >= 0.3 is 0 Å². The SMILES string of the molecule is CC1CCC(C)N(CC(=O)c2cc3ccccc3o2)C1. The molecule has 0 bridgehead atoms. The first-order valence-corrected chi connectivity index (χ1v) is 7.39. The number of hydrogen-bond donors (Lipinski definition) is 0. The maximum Gasteiger partial charge on any atom is 0.211 e. The van der Waals surface area contributed by atoms with E-state index in [2.05, 4.69) is 18.7 Å². The second-order valence-electron chi connectivity index (χ2n) is 6.03. The maximum atomic E-state index is 12.4. The lowest BCUT2D eigenvalue weighted by atomic mass is 9.95. The first-order valence-electron chi connectivity index (χ1n) is 7.39. The van der Waals surface area contributed by atoms with Gasteiger partial charge in [0.1, 0.15) is 5.58 Å². The Hall–Kier alpha value is -1.61. The lowest BCUT2D eigenvalue weighted by Gasteiger charge is -2.35. The van der Waals surface area contributed by atoms with E-state index in [-0.39, 0.29) is 5.78 Å². The third-order valence-corrected chi connectivity index (χ3v) is 4.29. The number of furan rings is 1. The maximum absolute atomic E-state index is 12.4. The molecule has 20 heavy (non-hydrogen) atoms. The highest BCUT2D eigenvalue weighted by atomic mass is 16.3. The fraction of sp³-hybridized carbons (Fsp3) is 0.471. The van der Waals surface area contributed by atoms with Crippen molar-refractivity contribution >= 4 is 16.8 Å². The number of carbonyl (C=O) groups is 1. The zero-order valence-corrected chi connectivity index (χ0v) is 12.1. The number of rotatable bonds is 3. The second kappa shape index (κ2) is 5.41. The summed E-state index contributed by atoms with van der Waals surface area (Å²) >= 11 is 0. The summed E-state index contributed by atoms with van der Waals surface area (Å²) in [5.41, 5.74) is 0.788. The van der Waals surface area contributed by atoms with Gasteiger partial charge < -0.3 is 4.42 Å². The fourth-order valence-corrected chi connectivity index (χ4v) is 2.98. The average Bonchev–Trinajstić information content (AvgIpc) is 2.87. The molecule has 3 nitrogen and oxygen atoms in total. The Balaban J connectivity index is 1.75. The van der Waals surface area contributed by atoms with E-state index in [0.29, 0.717) is 24.3 Å². The molecule has 0 aliphatic carbocycles. The molecule has 0 amide bonds. The Morgan fingerprint density at radius 2 is 2.10 bits per heavy atom. The molecule has 0 N–H and O–H groups in total. The number of fused-ring (bicyclic) bond motifs is 1. The van der Waals surface area contributed by atoms with E-state index >= 15 is 0 Å². The normalized spacial score (nSPS) is 24.1. The van der Waals surface area contributed by atoms with Crippen molar-refractivity contribution in [1.29, 1.82) is 0 Å². The summed E-state index contributed by atoms with van der Waals surface area (Å²) in [6, 6.07) is 10.1. The monoisotopic (exact) mass is 271 g/mol. The van der Waals surface area contributed by atoms with E-state index in [9.17, 15) is 4.79 Å². The third-order valence-electron chi connectivity index (χ3n) is 4.29. The van der Waals surface area contributed by atoms with Crippen LogP contribution in [0.3, 0.4) is 0 Å². The van der Waals surface area contributed by atoms with Gasteiger partial charge in [-0.1, -0.05) is 25.1 Å². The van der Waals surface area contributed by atoms with Gasteiger partial charge in [-0.25, -0.2) is 0 Å². The molecule has 3 heteroatoms. The van der Waals surface area contributed by atoms with Gasteiger partial charge in [-0.2, -0.15) is 0 Å². The molecule has 2 unspecified atom stereocenters. The summed E-state index contributed by atoms with van der Waals surface area (Å²) in [5, 5.41) is 0.996. The van der Waals surface area contributed by atoms with Crippen LogP contribution < -0.4 is 0 Å². The van der Waals surface area contributed by atoms with Crippen LogP contribution in [0.5, 0.6) is 0 Å². The molecule has 1 aromatic carbocycles. The van der Waals surface area contributed by atoms with Crippen molar-refractivity contribution < 1.29 is 9.21 Å². The Kier molecular flexibility index (Phi) is 3.62. The van der Waals surface area contributed by atoms with Crippen molar-refractivity contribution in [1.82, 2.24) is 4.90 Å². The predicted molar refractivity (Wildman–Crippen MR) is 80.0 cm³/mol. The van der Waals surface area contributed by atoms with Gasteiger partial charge in [0.15, 0.2) is 5.76 Å². The van der Waals surface area contributed by atoms with E-state index in [4.69, 9.17) is 4.42 Å². The number of hydrogen-bond acceptors (Lipinski definition) is 3. The molecule has 1 aliphatic rings. The zero-order chi connectivity index (χ0) is 14.1. The van der Waals surface area contributed by atoms with E-state index in [0.717, 1.165) is 17.5 Å². The average molecular weight is 271 g/mol. The summed E-state index contributed by atoms with van der Waals surface area (Å²) in [4.78, 5) is 14.7. The van der Waals surface area contributed by atoms with Crippen LogP contribution in [-0.2, 0) is 0 Å². The molecule has 0 radical (unpaired) electrons. The van der Waals surface area contributed by atoms with Crippen LogP contribution in [0.15, 0.2) is 34.7 Å². The number of likely N-dealkylation sites (tertiary alicyclic amines) is 1. The number of carbonyl (C=O) groups excluding carboxylic acids is 1. The molecular weight excluding hydrogens is 250 g/mol. The smallest absolute Gasteiger partial charge is 0.211 e. The van der Waals surface area contributed by atoms with Crippen LogP contribution in [0.1, 0.15) is 37.2 Å². The minimum Gasteiger partial charge on any atom is -0.453 e. The highest BCUT2D eigenvalue weighted by molar-refractivity contribution is 5.98. The molecule has 3 rings (SSSR count). The standard InChI is InChI=1S/C17H21NO2/c1-12-7-8-13(2)18(10-12)11-15(19)17-9-14-5-3-4-6-16(14)20-17/h3-6,9,12-13H,7-8,10-11H2,1-2H3. The van der Waals surface area contributed by atoms with Crippen LogP contribution in [0.2, 0.25) is 0 Å². The summed E-state index contributed by atoms with van der Waals surface area (Å²) in [6.45, 7) is 5.93. The number of benzene rings is 1. The largest absolute Gasteiger partial charge is 0.453 e. The van der Waals surface area contributed by atoms with Gasteiger partial charge in [0.25, 0.3) is 0 Å². The first kappa shape index (κ1) is 13.4. The van der Waals surface area contributed by atoms with Crippen LogP contribution in [-0.4, -0.2) is 29.8 Å². The van der Waals surface area contributed by atoms with Gasteiger partial charge in [0, 0.05) is 18.0 Å². The van der Waals surface area contributed by atoms with E-state index in [1.165, 1.54) is 12.8 Å². The van der Waals surface area contributed by atoms with E-state index < -0.39 is 0 Å². The number of nitrogens with zero attached hydrogens (tertiary/aromatic N) is 1. The number of para-hydroxylation sites is 1. The van der Waals surface area contributed by atoms with Gasteiger partial charge in [-0.3, -0.25) is 9.69 Å². The topological polar surface area (TPSA) is 33.5 Å². The lowest BCUT2D eigenvalue weighted by molar-refractivity contribution is 0.0782. The Morgan fingerprint density at radius 1 is 1.30 bits per heavy atom. The minimum atomic E-state index is 0.0853. The number of piperidine rings is 1. The van der Waals surface area contributed by atoms with Crippen LogP contribution in [0.25, 0.3) is 11.0 Å². The van der Waals surface area contributed by atoms with Crippen LogP contribution >= 0.6 is 0 Å². The van der Waals surface area contributed by atoms with Gasteiger partial charge in [-0.05, 0) is 37.8 Å². The Labute approximate surface area is 119 Å². The summed E-state index contributed by atoms with van der Waals surface area (Å²) in [6.07, 6.45) is 2.44. The molecule has 106 valence electrons.